The molecule has 0 spiro atoms. The van der Waals surface area contributed by atoms with E-state index in [2.05, 4.69) is 15.3 Å². The molecule has 3 unspecified atom stereocenters. The number of aromatic nitrogens is 5. The Kier molecular flexibility index (Phi) is 7.63. The van der Waals surface area contributed by atoms with Gasteiger partial charge in [0.15, 0.2) is 6.23 Å². The van der Waals surface area contributed by atoms with Gasteiger partial charge in [0.1, 0.15) is 18.0 Å². The highest BCUT2D eigenvalue weighted by atomic mass is 31.2. The number of aliphatic hydroxyl groups is 2. The molecular formula is C19H31N6O8P. The van der Waals surface area contributed by atoms with Crippen molar-refractivity contribution in [2.75, 3.05) is 5.73 Å². The molecule has 1 fully saturated rings. The lowest BCUT2D eigenvalue weighted by Gasteiger charge is -2.31. The van der Waals surface area contributed by atoms with Gasteiger partial charge in [-0.3, -0.25) is 9.09 Å². The minimum absolute atomic E-state index is 0.0152. The summed E-state index contributed by atoms with van der Waals surface area (Å²) >= 11 is 0. The molecule has 6 N–H and O–H groups in total. The summed E-state index contributed by atoms with van der Waals surface area (Å²) in [5.41, 5.74) is 4.81. The Balaban J connectivity index is 1.85. The Morgan fingerprint density at radius 3 is 2.53 bits per heavy atom. The van der Waals surface area contributed by atoms with Crippen molar-refractivity contribution in [2.45, 2.75) is 83.1 Å². The Morgan fingerprint density at radius 1 is 1.29 bits per heavy atom. The number of phosphoric ester groups is 1. The average Bonchev–Trinajstić information content (AvgIpc) is 3.29. The van der Waals surface area contributed by atoms with Gasteiger partial charge in [-0.15, -0.1) is 5.10 Å². The fraction of sp³-hybridized carbons (Fsp3) is 0.684. The summed E-state index contributed by atoms with van der Waals surface area (Å²) in [6, 6.07) is 0.106. The quantitative estimate of drug-likeness (QED) is 0.284. The number of aliphatic hydroxyl groups excluding tert-OH is 2. The second kappa shape index (κ2) is 9.82. The summed E-state index contributed by atoms with van der Waals surface area (Å²) in [6.07, 6.45) is -1.96. The van der Waals surface area contributed by atoms with Gasteiger partial charge in [0.05, 0.1) is 17.4 Å². The molecule has 0 aliphatic carbocycles. The predicted octanol–water partition coefficient (Wildman–Crippen LogP) is -0.124. The first kappa shape index (κ1) is 26.4. The molecule has 5 atom stereocenters. The number of nitrogens with zero attached hydrogens (tertiary/aromatic N) is 5. The lowest BCUT2D eigenvalue weighted by atomic mass is 9.93. The number of hydrogen-bond donors (Lipinski definition) is 5. The summed E-state index contributed by atoms with van der Waals surface area (Å²) in [7, 11) is -4.82. The van der Waals surface area contributed by atoms with E-state index in [0.29, 0.717) is 11.3 Å². The molecule has 3 rings (SSSR count). The van der Waals surface area contributed by atoms with Gasteiger partial charge in [-0.1, -0.05) is 12.1 Å². The van der Waals surface area contributed by atoms with Crippen LogP contribution in [0.5, 0.6) is 0 Å². The van der Waals surface area contributed by atoms with E-state index in [1.165, 1.54) is 13.1 Å². The molecule has 34 heavy (non-hydrogen) atoms. The largest absolute Gasteiger partial charge is 0.470 e. The number of ether oxygens (including phenoxy) is 1. The van der Waals surface area contributed by atoms with E-state index in [-0.39, 0.29) is 31.1 Å². The molecule has 2 aromatic rings. The number of phosphoric acid groups is 1. The van der Waals surface area contributed by atoms with Crippen molar-refractivity contribution in [1.82, 2.24) is 24.5 Å². The smallest absolute Gasteiger partial charge is 0.388 e. The lowest BCUT2D eigenvalue weighted by Crippen LogP contribution is -2.38. The molecule has 1 saturated heterocycles. The molecule has 0 aromatic carbocycles. The van der Waals surface area contributed by atoms with Gasteiger partial charge in [0.2, 0.25) is 0 Å². The van der Waals surface area contributed by atoms with Crippen LogP contribution in [0.3, 0.4) is 0 Å². The van der Waals surface area contributed by atoms with Gasteiger partial charge in [-0.2, -0.15) is 4.98 Å². The maximum Gasteiger partial charge on any atom is 0.470 e. The van der Waals surface area contributed by atoms with E-state index in [1.807, 2.05) is 13.8 Å². The third-order valence-corrected chi connectivity index (χ3v) is 6.53. The van der Waals surface area contributed by atoms with Crippen molar-refractivity contribution in [3.8, 4) is 0 Å². The van der Waals surface area contributed by atoms with E-state index in [9.17, 15) is 29.4 Å². The van der Waals surface area contributed by atoms with Gasteiger partial charge in [-0.05, 0) is 27.2 Å². The molecule has 0 saturated carbocycles. The van der Waals surface area contributed by atoms with E-state index >= 15 is 0 Å². The van der Waals surface area contributed by atoms with E-state index in [0.717, 1.165) is 4.57 Å². The van der Waals surface area contributed by atoms with E-state index in [1.54, 1.807) is 17.8 Å². The molecular weight excluding hydrogens is 471 g/mol. The number of hydrogen-bond acceptors (Lipinski definition) is 10. The summed E-state index contributed by atoms with van der Waals surface area (Å²) in [5, 5.41) is 29.3. The van der Waals surface area contributed by atoms with Crippen molar-refractivity contribution in [3.63, 3.8) is 0 Å². The van der Waals surface area contributed by atoms with Gasteiger partial charge < -0.3 is 30.5 Å². The van der Waals surface area contributed by atoms with Crippen molar-refractivity contribution in [2.24, 2.45) is 0 Å². The van der Waals surface area contributed by atoms with Crippen LogP contribution >= 0.6 is 7.82 Å². The fourth-order valence-electron chi connectivity index (χ4n) is 3.77. The molecule has 1 aliphatic heterocycles. The normalized spacial score (nSPS) is 25.1. The molecule has 14 nitrogen and oxygen atoms in total. The third-order valence-electron chi connectivity index (χ3n) is 5.85. The van der Waals surface area contributed by atoms with Crippen molar-refractivity contribution in [1.29, 1.82) is 0 Å². The Hall–Kier alpha value is -2.19. The molecule has 2 aromatic heterocycles. The topological polar surface area (TPSA) is 208 Å². The summed E-state index contributed by atoms with van der Waals surface area (Å²) in [4.78, 5) is 34.8. The van der Waals surface area contributed by atoms with Gasteiger partial charge >= 0.3 is 13.5 Å². The highest BCUT2D eigenvalue weighted by molar-refractivity contribution is 7.46. The highest BCUT2D eigenvalue weighted by Crippen LogP contribution is 2.45. The van der Waals surface area contributed by atoms with Crippen LogP contribution in [0, 0.1) is 0 Å². The van der Waals surface area contributed by atoms with Crippen LogP contribution < -0.4 is 11.4 Å². The zero-order valence-electron chi connectivity index (χ0n) is 19.3. The first-order valence-electron chi connectivity index (χ1n) is 10.8. The minimum atomic E-state index is -4.82. The van der Waals surface area contributed by atoms with Crippen LogP contribution in [-0.4, -0.2) is 68.5 Å². The van der Waals surface area contributed by atoms with Crippen LogP contribution in [0.4, 0.5) is 5.82 Å². The van der Waals surface area contributed by atoms with Crippen LogP contribution in [0.2, 0.25) is 0 Å². The van der Waals surface area contributed by atoms with Crippen LogP contribution in [-0.2, 0) is 20.2 Å². The maximum absolute atomic E-state index is 12.6. The molecule has 190 valence electrons. The number of anilines is 1. The zero-order valence-corrected chi connectivity index (χ0v) is 20.2. The maximum atomic E-state index is 12.6. The zero-order chi connectivity index (χ0) is 25.4. The van der Waals surface area contributed by atoms with E-state index in [4.69, 9.17) is 15.0 Å². The third kappa shape index (κ3) is 5.89. The standard InChI is InChI=1S/C19H31N6O8P/c1-5-19(4,33-34(29,30)31)7-13-14(26)15(27)17(32-13)24-8-11(16(20)21-18(24)28)6-12-9-25(10(2)3)23-22-12/h8-10,13-15,17,26-27H,5-7H2,1-4H3,(H2,20,21,28)(H2,29,30,31)/t13-,14?,15?,17-,19?/m1/s1. The second-order valence-corrected chi connectivity index (χ2v) is 10.1. The molecule has 1 aliphatic rings. The summed E-state index contributed by atoms with van der Waals surface area (Å²) < 4.78 is 24.7. The Bertz CT molecular complexity index is 1120. The molecule has 0 bridgehead atoms. The number of nitrogens with two attached hydrogens (primary N) is 1. The van der Waals surface area contributed by atoms with Gasteiger partial charge in [-0.25, -0.2) is 14.0 Å². The van der Waals surface area contributed by atoms with Gasteiger partial charge in [0.25, 0.3) is 0 Å². The number of rotatable bonds is 9. The summed E-state index contributed by atoms with van der Waals surface area (Å²) in [6.45, 7) is 7.01. The molecule has 0 radical (unpaired) electrons. The predicted molar refractivity (Wildman–Crippen MR) is 118 cm³/mol. The van der Waals surface area contributed by atoms with Gasteiger partial charge in [0, 0.05) is 36.8 Å². The summed E-state index contributed by atoms with van der Waals surface area (Å²) in [5.74, 6) is -0.0152. The highest BCUT2D eigenvalue weighted by Gasteiger charge is 2.47. The SMILES string of the molecule is CCC(C)(C[C@H]1O[C@@H](n2cc(Cc3cn(C(C)C)nn3)c(N)nc2=O)C(O)C1O)OP(=O)(O)O. The van der Waals surface area contributed by atoms with Crippen molar-refractivity contribution in [3.05, 3.63) is 34.1 Å². The average molecular weight is 502 g/mol. The molecule has 3 heterocycles. The lowest BCUT2D eigenvalue weighted by molar-refractivity contribution is -0.0708. The van der Waals surface area contributed by atoms with E-state index < -0.39 is 43.7 Å². The van der Waals surface area contributed by atoms with Crippen molar-refractivity contribution >= 4 is 13.6 Å². The van der Waals surface area contributed by atoms with Crippen LogP contribution in [0.25, 0.3) is 0 Å². The number of nitrogen functional groups attached to an aromatic ring is 1. The Labute approximate surface area is 195 Å². The van der Waals surface area contributed by atoms with Crippen molar-refractivity contribution < 1.29 is 33.8 Å². The fourth-order valence-corrected chi connectivity index (χ4v) is 4.55. The first-order valence-corrected chi connectivity index (χ1v) is 12.3. The minimum Gasteiger partial charge on any atom is -0.388 e. The molecule has 15 heteroatoms. The first-order chi connectivity index (χ1) is 15.7. The van der Waals surface area contributed by atoms with Crippen LogP contribution in [0.15, 0.2) is 17.2 Å². The second-order valence-electron chi connectivity index (χ2n) is 8.94. The molecule has 0 amide bonds. The monoisotopic (exact) mass is 502 g/mol. The Morgan fingerprint density at radius 2 is 1.97 bits per heavy atom. The van der Waals surface area contributed by atoms with Crippen LogP contribution in [0.1, 0.15) is 64.1 Å².